The number of halogens is 1. The summed E-state index contributed by atoms with van der Waals surface area (Å²) in [6, 6.07) is 10.6. The van der Waals surface area contributed by atoms with Crippen molar-refractivity contribution in [2.45, 2.75) is 25.9 Å². The molecular formula is C15H15BrOS. The third-order valence-corrected chi connectivity index (χ3v) is 5.90. The highest BCUT2D eigenvalue weighted by Crippen LogP contribution is 2.39. The number of rotatable bonds is 2. The van der Waals surface area contributed by atoms with Crippen LogP contribution in [0.4, 0.5) is 0 Å². The Morgan fingerprint density at radius 3 is 2.39 bits per heavy atom. The first-order valence-corrected chi connectivity index (χ1v) is 7.77. The van der Waals surface area contributed by atoms with Crippen LogP contribution < -0.4 is 0 Å². The smallest absolute Gasteiger partial charge is 0.0916 e. The maximum Gasteiger partial charge on any atom is 0.0916 e. The predicted octanol–water partition coefficient (Wildman–Crippen LogP) is 4.27. The molecule has 0 saturated heterocycles. The molecule has 94 valence electrons. The predicted molar refractivity (Wildman–Crippen MR) is 79.1 cm³/mol. The second-order valence-corrected chi connectivity index (χ2v) is 7.39. The van der Waals surface area contributed by atoms with Crippen LogP contribution in [0, 0.1) is 12.8 Å². The van der Waals surface area contributed by atoms with Gasteiger partial charge >= 0.3 is 0 Å². The monoisotopic (exact) mass is 322 g/mol. The number of hydrogen-bond acceptors (Lipinski definition) is 2. The topological polar surface area (TPSA) is 20.2 Å². The van der Waals surface area contributed by atoms with Crippen LogP contribution in [0.2, 0.25) is 0 Å². The highest BCUT2D eigenvalue weighted by atomic mass is 79.9. The Balaban J connectivity index is 1.82. The SMILES string of the molecule is Cc1cc(C(O)C2Cc3ccccc3C2)sc1Br. The lowest BCUT2D eigenvalue weighted by molar-refractivity contribution is 0.117. The van der Waals surface area contributed by atoms with Gasteiger partial charge in [0.15, 0.2) is 0 Å². The van der Waals surface area contributed by atoms with Crippen LogP contribution in [-0.2, 0) is 12.8 Å². The number of aliphatic hydroxyl groups excluding tert-OH is 1. The maximum absolute atomic E-state index is 10.5. The van der Waals surface area contributed by atoms with E-state index in [1.54, 1.807) is 11.3 Å². The summed E-state index contributed by atoms with van der Waals surface area (Å²) < 4.78 is 1.13. The van der Waals surface area contributed by atoms with E-state index in [2.05, 4.69) is 53.2 Å². The first-order valence-electron chi connectivity index (χ1n) is 6.16. The fourth-order valence-electron chi connectivity index (χ4n) is 2.68. The van der Waals surface area contributed by atoms with Gasteiger partial charge in [-0.15, -0.1) is 11.3 Å². The molecule has 1 heterocycles. The minimum absolute atomic E-state index is 0.326. The van der Waals surface area contributed by atoms with E-state index in [4.69, 9.17) is 0 Å². The summed E-state index contributed by atoms with van der Waals surface area (Å²) in [6.45, 7) is 2.07. The lowest BCUT2D eigenvalue weighted by Crippen LogP contribution is -2.11. The van der Waals surface area contributed by atoms with E-state index in [0.717, 1.165) is 21.5 Å². The highest BCUT2D eigenvalue weighted by Gasteiger charge is 2.29. The van der Waals surface area contributed by atoms with Crippen molar-refractivity contribution < 1.29 is 5.11 Å². The third-order valence-electron chi connectivity index (χ3n) is 3.70. The Morgan fingerprint density at radius 2 is 1.89 bits per heavy atom. The van der Waals surface area contributed by atoms with Gasteiger partial charge in [-0.3, -0.25) is 0 Å². The molecule has 18 heavy (non-hydrogen) atoms. The molecule has 0 aliphatic heterocycles. The molecule has 1 aliphatic rings. The first-order chi connectivity index (χ1) is 8.65. The summed E-state index contributed by atoms with van der Waals surface area (Å²) in [4.78, 5) is 1.08. The molecular weight excluding hydrogens is 308 g/mol. The highest BCUT2D eigenvalue weighted by molar-refractivity contribution is 9.11. The summed E-state index contributed by atoms with van der Waals surface area (Å²) in [6.07, 6.45) is 1.64. The molecule has 1 unspecified atom stereocenters. The Kier molecular flexibility index (Phi) is 3.31. The second kappa shape index (κ2) is 4.80. The van der Waals surface area contributed by atoms with Crippen LogP contribution in [0.25, 0.3) is 0 Å². The van der Waals surface area contributed by atoms with Gasteiger partial charge in [0, 0.05) is 4.88 Å². The molecule has 1 aromatic heterocycles. The quantitative estimate of drug-likeness (QED) is 0.875. The van der Waals surface area contributed by atoms with E-state index in [0.29, 0.717) is 5.92 Å². The molecule has 1 aliphatic carbocycles. The number of aliphatic hydroxyl groups is 1. The minimum Gasteiger partial charge on any atom is -0.387 e. The second-order valence-electron chi connectivity index (χ2n) is 4.99. The molecule has 0 bridgehead atoms. The molecule has 1 N–H and O–H groups in total. The molecule has 2 aromatic rings. The van der Waals surface area contributed by atoms with Gasteiger partial charge in [0.2, 0.25) is 0 Å². The zero-order valence-electron chi connectivity index (χ0n) is 10.2. The van der Waals surface area contributed by atoms with Crippen LogP contribution in [0.15, 0.2) is 34.1 Å². The number of fused-ring (bicyclic) bond motifs is 1. The van der Waals surface area contributed by atoms with E-state index < -0.39 is 0 Å². The van der Waals surface area contributed by atoms with Gasteiger partial charge in [-0.05, 0) is 64.4 Å². The van der Waals surface area contributed by atoms with Crippen molar-refractivity contribution in [3.63, 3.8) is 0 Å². The van der Waals surface area contributed by atoms with E-state index >= 15 is 0 Å². The van der Waals surface area contributed by atoms with Gasteiger partial charge in [0.05, 0.1) is 9.89 Å². The van der Waals surface area contributed by atoms with Crippen LogP contribution in [0.1, 0.15) is 27.7 Å². The largest absolute Gasteiger partial charge is 0.387 e. The number of benzene rings is 1. The Morgan fingerprint density at radius 1 is 1.28 bits per heavy atom. The van der Waals surface area contributed by atoms with Crippen molar-refractivity contribution >= 4 is 27.3 Å². The maximum atomic E-state index is 10.5. The Labute approximate surface area is 120 Å². The van der Waals surface area contributed by atoms with E-state index in [-0.39, 0.29) is 6.10 Å². The Hall–Kier alpha value is -0.640. The lowest BCUT2D eigenvalue weighted by atomic mass is 9.98. The van der Waals surface area contributed by atoms with Crippen LogP contribution >= 0.6 is 27.3 Å². The van der Waals surface area contributed by atoms with Crippen molar-refractivity contribution in [2.24, 2.45) is 5.92 Å². The third kappa shape index (κ3) is 2.15. The average Bonchev–Trinajstić information content (AvgIpc) is 2.93. The molecule has 3 heteroatoms. The van der Waals surface area contributed by atoms with Crippen LogP contribution in [0.5, 0.6) is 0 Å². The molecule has 1 nitrogen and oxygen atoms in total. The van der Waals surface area contributed by atoms with E-state index in [1.807, 2.05) is 0 Å². The van der Waals surface area contributed by atoms with Gasteiger partial charge < -0.3 is 5.11 Å². The van der Waals surface area contributed by atoms with Crippen molar-refractivity contribution in [1.82, 2.24) is 0 Å². The summed E-state index contributed by atoms with van der Waals surface area (Å²) >= 11 is 5.18. The molecule has 1 atom stereocenters. The minimum atomic E-state index is -0.340. The fraction of sp³-hybridized carbons (Fsp3) is 0.333. The molecule has 3 rings (SSSR count). The van der Waals surface area contributed by atoms with Gasteiger partial charge in [-0.2, -0.15) is 0 Å². The van der Waals surface area contributed by atoms with Crippen molar-refractivity contribution in [2.75, 3.05) is 0 Å². The summed E-state index contributed by atoms with van der Waals surface area (Å²) in [5.74, 6) is 0.326. The fourth-order valence-corrected chi connectivity index (χ4v) is 4.33. The lowest BCUT2D eigenvalue weighted by Gasteiger charge is -2.15. The van der Waals surface area contributed by atoms with Gasteiger partial charge in [-0.25, -0.2) is 0 Å². The standard InChI is InChI=1S/C15H15BrOS/c1-9-6-13(18-15(9)16)14(17)12-7-10-4-2-3-5-11(10)8-12/h2-6,12,14,17H,7-8H2,1H3. The van der Waals surface area contributed by atoms with Crippen LogP contribution in [-0.4, -0.2) is 5.11 Å². The number of hydrogen-bond donors (Lipinski definition) is 1. The van der Waals surface area contributed by atoms with Gasteiger partial charge in [0.25, 0.3) is 0 Å². The number of aryl methyl sites for hydroxylation is 1. The zero-order valence-corrected chi connectivity index (χ0v) is 12.6. The summed E-state index contributed by atoms with van der Waals surface area (Å²) in [5, 5.41) is 10.5. The molecule has 1 aromatic carbocycles. The Bertz CT molecular complexity index is 531. The average molecular weight is 323 g/mol. The van der Waals surface area contributed by atoms with Gasteiger partial charge in [-0.1, -0.05) is 24.3 Å². The molecule has 0 amide bonds. The van der Waals surface area contributed by atoms with E-state index in [9.17, 15) is 5.11 Å². The van der Waals surface area contributed by atoms with Crippen LogP contribution in [0.3, 0.4) is 0 Å². The summed E-state index contributed by atoms with van der Waals surface area (Å²) in [5.41, 5.74) is 4.01. The van der Waals surface area contributed by atoms with Gasteiger partial charge in [0.1, 0.15) is 0 Å². The summed E-state index contributed by atoms with van der Waals surface area (Å²) in [7, 11) is 0. The molecule has 0 saturated carbocycles. The van der Waals surface area contributed by atoms with Crippen molar-refractivity contribution in [3.05, 3.63) is 55.7 Å². The zero-order chi connectivity index (χ0) is 12.7. The van der Waals surface area contributed by atoms with E-state index in [1.165, 1.54) is 16.7 Å². The molecule has 0 radical (unpaired) electrons. The van der Waals surface area contributed by atoms with Crippen molar-refractivity contribution in [3.8, 4) is 0 Å². The van der Waals surface area contributed by atoms with Crippen molar-refractivity contribution in [1.29, 1.82) is 0 Å². The number of thiophene rings is 1. The molecule has 0 spiro atoms. The first kappa shape index (κ1) is 12.4. The normalized spacial score (nSPS) is 16.8. The molecule has 0 fully saturated rings.